The number of carbonyl (C=O) groups is 2. The van der Waals surface area contributed by atoms with Crippen LogP contribution in [0.2, 0.25) is 0 Å². The molecule has 1 aliphatic rings. The largest absolute Gasteiger partial charge is 0.480 e. The second-order valence-electron chi connectivity index (χ2n) is 4.82. The zero-order valence-corrected chi connectivity index (χ0v) is 10.2. The average molecular weight is 229 g/mol. The van der Waals surface area contributed by atoms with E-state index in [0.29, 0.717) is 6.61 Å². The Bertz CT molecular complexity index is 300. The molecule has 0 spiro atoms. The number of likely N-dealkylation sites (N-methyl/N-ethyl adjacent to an activating group) is 1. The normalized spacial score (nSPS) is 25.5. The first-order chi connectivity index (χ1) is 7.28. The van der Waals surface area contributed by atoms with Gasteiger partial charge in [-0.3, -0.25) is 4.79 Å². The van der Waals surface area contributed by atoms with Crippen molar-refractivity contribution in [2.75, 3.05) is 13.7 Å². The van der Waals surface area contributed by atoms with E-state index in [0.717, 1.165) is 6.42 Å². The van der Waals surface area contributed by atoms with Crippen molar-refractivity contribution >= 4 is 11.9 Å². The molecule has 5 nitrogen and oxygen atoms in total. The van der Waals surface area contributed by atoms with Crippen molar-refractivity contribution in [1.82, 2.24) is 4.90 Å². The number of amides is 1. The lowest BCUT2D eigenvalue weighted by atomic mass is 9.99. The first-order valence-corrected chi connectivity index (χ1v) is 5.41. The maximum Gasteiger partial charge on any atom is 0.329 e. The van der Waals surface area contributed by atoms with E-state index in [4.69, 9.17) is 9.84 Å². The second-order valence-corrected chi connectivity index (χ2v) is 4.82. The molecular weight excluding hydrogens is 210 g/mol. The van der Waals surface area contributed by atoms with Crippen LogP contribution in [0.4, 0.5) is 0 Å². The van der Waals surface area contributed by atoms with Crippen LogP contribution in [0.1, 0.15) is 27.2 Å². The second kappa shape index (κ2) is 4.41. The van der Waals surface area contributed by atoms with Gasteiger partial charge in [-0.2, -0.15) is 0 Å². The van der Waals surface area contributed by atoms with Gasteiger partial charge in [-0.25, -0.2) is 4.79 Å². The van der Waals surface area contributed by atoms with E-state index in [1.807, 2.05) is 6.92 Å². The predicted octanol–water partition coefficient (Wildman–Crippen LogP) is 0.733. The molecule has 0 aromatic heterocycles. The molecule has 1 N–H and O–H groups in total. The molecule has 2 unspecified atom stereocenters. The number of carboxylic acid groups (broad SMARTS) is 1. The smallest absolute Gasteiger partial charge is 0.329 e. The molecule has 0 aromatic carbocycles. The first kappa shape index (κ1) is 13.0. The van der Waals surface area contributed by atoms with E-state index >= 15 is 0 Å². The molecule has 1 aliphatic heterocycles. The summed E-state index contributed by atoms with van der Waals surface area (Å²) in [6.07, 6.45) is 0.348. The maximum absolute atomic E-state index is 12.0. The number of rotatable bonds is 3. The summed E-state index contributed by atoms with van der Waals surface area (Å²) in [7, 11) is 1.50. The molecule has 1 rings (SSSR count). The summed E-state index contributed by atoms with van der Waals surface area (Å²) in [6, 6.07) is 0. The summed E-state index contributed by atoms with van der Waals surface area (Å²) >= 11 is 0. The van der Waals surface area contributed by atoms with E-state index in [1.165, 1.54) is 25.8 Å². The molecule has 0 aliphatic carbocycles. The summed E-state index contributed by atoms with van der Waals surface area (Å²) in [5.74, 6) is -1.12. The highest BCUT2D eigenvalue weighted by Gasteiger charge is 2.41. The summed E-state index contributed by atoms with van der Waals surface area (Å²) in [6.45, 7) is 5.52. The minimum Gasteiger partial charge on any atom is -0.480 e. The standard InChI is InChI=1S/C11H19NO4/c1-7-5-6-16-8(7)9(13)12(4)11(2,3)10(14)15/h7-8H,5-6H2,1-4H3,(H,14,15). The summed E-state index contributed by atoms with van der Waals surface area (Å²) in [4.78, 5) is 24.3. The monoisotopic (exact) mass is 229 g/mol. The van der Waals surface area contributed by atoms with Crippen LogP contribution >= 0.6 is 0 Å². The lowest BCUT2D eigenvalue weighted by molar-refractivity contribution is -0.160. The van der Waals surface area contributed by atoms with Gasteiger partial charge in [0.1, 0.15) is 11.6 Å². The van der Waals surface area contributed by atoms with Gasteiger partial charge in [0.25, 0.3) is 5.91 Å². The Morgan fingerprint density at radius 1 is 1.44 bits per heavy atom. The van der Waals surface area contributed by atoms with Crippen LogP contribution in [0.25, 0.3) is 0 Å². The van der Waals surface area contributed by atoms with Crippen molar-refractivity contribution in [3.8, 4) is 0 Å². The number of carboxylic acids is 1. The quantitative estimate of drug-likeness (QED) is 0.774. The van der Waals surface area contributed by atoms with Crippen molar-refractivity contribution in [1.29, 1.82) is 0 Å². The van der Waals surface area contributed by atoms with E-state index in [1.54, 1.807) is 0 Å². The molecule has 16 heavy (non-hydrogen) atoms. The number of aliphatic carboxylic acids is 1. The molecule has 0 radical (unpaired) electrons. The van der Waals surface area contributed by atoms with Crippen LogP contribution in [0, 0.1) is 5.92 Å². The van der Waals surface area contributed by atoms with Crippen LogP contribution in [0.15, 0.2) is 0 Å². The fourth-order valence-electron chi connectivity index (χ4n) is 1.62. The van der Waals surface area contributed by atoms with Gasteiger partial charge in [-0.05, 0) is 26.2 Å². The minimum absolute atomic E-state index is 0.152. The summed E-state index contributed by atoms with van der Waals surface area (Å²) in [5, 5.41) is 9.03. The Labute approximate surface area is 95.4 Å². The highest BCUT2D eigenvalue weighted by atomic mass is 16.5. The lowest BCUT2D eigenvalue weighted by Gasteiger charge is -2.33. The summed E-state index contributed by atoms with van der Waals surface area (Å²) in [5.41, 5.74) is -1.21. The molecule has 92 valence electrons. The van der Waals surface area contributed by atoms with Crippen molar-refractivity contribution in [3.63, 3.8) is 0 Å². The van der Waals surface area contributed by atoms with E-state index in [2.05, 4.69) is 0 Å². The SMILES string of the molecule is CC1CCOC1C(=O)N(C)C(C)(C)C(=O)O. The van der Waals surface area contributed by atoms with Crippen molar-refractivity contribution in [2.24, 2.45) is 5.92 Å². The van der Waals surface area contributed by atoms with Gasteiger partial charge in [0.05, 0.1) is 0 Å². The third-order valence-electron chi connectivity index (χ3n) is 3.32. The predicted molar refractivity (Wildman–Crippen MR) is 58.0 cm³/mol. The van der Waals surface area contributed by atoms with E-state index in [9.17, 15) is 9.59 Å². The van der Waals surface area contributed by atoms with Gasteiger partial charge in [-0.1, -0.05) is 6.92 Å². The number of hydrogen-bond acceptors (Lipinski definition) is 3. The van der Waals surface area contributed by atoms with Crippen LogP contribution in [0.3, 0.4) is 0 Å². The fourth-order valence-corrected chi connectivity index (χ4v) is 1.62. The van der Waals surface area contributed by atoms with Crippen molar-refractivity contribution in [2.45, 2.75) is 38.8 Å². The zero-order chi connectivity index (χ0) is 12.5. The fraction of sp³-hybridized carbons (Fsp3) is 0.818. The Balaban J connectivity index is 2.78. The molecule has 1 heterocycles. The third kappa shape index (κ3) is 2.19. The zero-order valence-electron chi connectivity index (χ0n) is 10.2. The maximum atomic E-state index is 12.0. The molecule has 1 amide bonds. The Morgan fingerprint density at radius 3 is 2.38 bits per heavy atom. The van der Waals surface area contributed by atoms with Crippen LogP contribution in [-0.4, -0.2) is 47.2 Å². The number of carbonyl (C=O) groups excluding carboxylic acids is 1. The lowest BCUT2D eigenvalue weighted by Crippen LogP contribution is -2.54. The number of nitrogens with zero attached hydrogens (tertiary/aromatic N) is 1. The van der Waals surface area contributed by atoms with Gasteiger partial charge >= 0.3 is 5.97 Å². The topological polar surface area (TPSA) is 66.8 Å². The van der Waals surface area contributed by atoms with Crippen LogP contribution < -0.4 is 0 Å². The summed E-state index contributed by atoms with van der Waals surface area (Å²) < 4.78 is 5.34. The van der Waals surface area contributed by atoms with Gasteiger partial charge in [-0.15, -0.1) is 0 Å². The molecular formula is C11H19NO4. The van der Waals surface area contributed by atoms with E-state index in [-0.39, 0.29) is 11.8 Å². The van der Waals surface area contributed by atoms with E-state index < -0.39 is 17.6 Å². The van der Waals surface area contributed by atoms with Gasteiger partial charge in [0.2, 0.25) is 0 Å². The van der Waals surface area contributed by atoms with Gasteiger partial charge < -0.3 is 14.7 Å². The molecule has 5 heteroatoms. The Kier molecular flexibility index (Phi) is 3.57. The highest BCUT2D eigenvalue weighted by molar-refractivity contribution is 5.88. The average Bonchev–Trinajstić information content (AvgIpc) is 2.61. The number of ether oxygens (including phenoxy) is 1. The molecule has 0 aromatic rings. The number of hydrogen-bond donors (Lipinski definition) is 1. The molecule has 2 atom stereocenters. The Hall–Kier alpha value is -1.10. The molecule has 0 saturated carbocycles. The van der Waals surface area contributed by atoms with Crippen molar-refractivity contribution < 1.29 is 19.4 Å². The van der Waals surface area contributed by atoms with Gasteiger partial charge in [0, 0.05) is 13.7 Å². The highest BCUT2D eigenvalue weighted by Crippen LogP contribution is 2.24. The van der Waals surface area contributed by atoms with Crippen LogP contribution in [-0.2, 0) is 14.3 Å². The minimum atomic E-state index is -1.21. The molecule has 1 saturated heterocycles. The van der Waals surface area contributed by atoms with Gasteiger partial charge in [0.15, 0.2) is 0 Å². The third-order valence-corrected chi connectivity index (χ3v) is 3.32. The van der Waals surface area contributed by atoms with Crippen molar-refractivity contribution in [3.05, 3.63) is 0 Å². The molecule has 1 fully saturated rings. The van der Waals surface area contributed by atoms with Crippen LogP contribution in [0.5, 0.6) is 0 Å². The first-order valence-electron chi connectivity index (χ1n) is 5.41. The Morgan fingerprint density at radius 2 is 2.00 bits per heavy atom. The molecule has 0 bridgehead atoms.